The Morgan fingerprint density at radius 2 is 2.06 bits per heavy atom. The number of hydrogen-bond acceptors (Lipinski definition) is 2. The van der Waals surface area contributed by atoms with Crippen molar-refractivity contribution in [2.24, 2.45) is 11.3 Å². The number of nitrogens with one attached hydrogen (secondary N) is 1. The van der Waals surface area contributed by atoms with Crippen LogP contribution >= 0.6 is 0 Å². The number of nitrogens with zero attached hydrogens (tertiary/aromatic N) is 2. The van der Waals surface area contributed by atoms with Crippen LogP contribution in [0.4, 0.5) is 0 Å². The molecule has 0 radical (unpaired) electrons. The van der Waals surface area contributed by atoms with E-state index in [9.17, 15) is 0 Å². The second kappa shape index (κ2) is 4.58. The van der Waals surface area contributed by atoms with E-state index in [1.807, 2.05) is 6.20 Å². The predicted molar refractivity (Wildman–Crippen MR) is 66.0 cm³/mol. The first-order valence-corrected chi connectivity index (χ1v) is 6.27. The van der Waals surface area contributed by atoms with E-state index in [1.54, 1.807) is 0 Å². The minimum absolute atomic E-state index is 0.471. The van der Waals surface area contributed by atoms with Crippen LogP contribution in [0.15, 0.2) is 12.3 Å². The molecule has 1 aromatic heterocycles. The van der Waals surface area contributed by atoms with Crippen LogP contribution in [0.5, 0.6) is 0 Å². The maximum atomic E-state index is 4.21. The number of H-pyrrole nitrogens is 1. The molecule has 0 aliphatic carbocycles. The molecule has 0 unspecified atom stereocenters. The summed E-state index contributed by atoms with van der Waals surface area (Å²) in [6, 6.07) is 2.07. The van der Waals surface area contributed by atoms with Gasteiger partial charge in [0, 0.05) is 12.7 Å². The highest BCUT2D eigenvalue weighted by Crippen LogP contribution is 2.34. The number of aromatic amines is 1. The standard InChI is InChI=1S/C13H23N3/c1-13(2,3)11-5-8-16(9-6-11)10-12-4-7-14-15-12/h4,7,11H,5-6,8-10H2,1-3H3,(H,14,15). The topological polar surface area (TPSA) is 31.9 Å². The molecule has 0 saturated carbocycles. The van der Waals surface area contributed by atoms with Gasteiger partial charge in [-0.25, -0.2) is 0 Å². The van der Waals surface area contributed by atoms with Crippen molar-refractivity contribution in [3.63, 3.8) is 0 Å². The largest absolute Gasteiger partial charge is 0.297 e. The molecule has 3 nitrogen and oxygen atoms in total. The van der Waals surface area contributed by atoms with Gasteiger partial charge >= 0.3 is 0 Å². The summed E-state index contributed by atoms with van der Waals surface area (Å²) in [6.07, 6.45) is 4.55. The minimum Gasteiger partial charge on any atom is -0.297 e. The van der Waals surface area contributed by atoms with Crippen molar-refractivity contribution in [3.8, 4) is 0 Å². The number of rotatable bonds is 2. The highest BCUT2D eigenvalue weighted by Gasteiger charge is 2.28. The smallest absolute Gasteiger partial charge is 0.0762 e. The molecule has 0 atom stereocenters. The Morgan fingerprint density at radius 1 is 1.38 bits per heavy atom. The molecule has 2 heterocycles. The van der Waals surface area contributed by atoms with Crippen molar-refractivity contribution >= 4 is 0 Å². The van der Waals surface area contributed by atoms with E-state index in [0.29, 0.717) is 5.41 Å². The summed E-state index contributed by atoms with van der Waals surface area (Å²) in [6.45, 7) is 10.5. The molecule has 0 aromatic carbocycles. The van der Waals surface area contributed by atoms with Crippen molar-refractivity contribution in [1.82, 2.24) is 15.1 Å². The van der Waals surface area contributed by atoms with Gasteiger partial charge in [0.1, 0.15) is 0 Å². The van der Waals surface area contributed by atoms with Crippen molar-refractivity contribution in [2.75, 3.05) is 13.1 Å². The Labute approximate surface area is 98.2 Å². The highest BCUT2D eigenvalue weighted by atomic mass is 15.2. The molecule has 1 aromatic rings. The van der Waals surface area contributed by atoms with Crippen LogP contribution < -0.4 is 0 Å². The lowest BCUT2D eigenvalue weighted by molar-refractivity contribution is 0.107. The maximum absolute atomic E-state index is 4.21. The zero-order valence-corrected chi connectivity index (χ0v) is 10.7. The van der Waals surface area contributed by atoms with Crippen LogP contribution in [0.1, 0.15) is 39.3 Å². The Kier molecular flexibility index (Phi) is 3.33. The number of likely N-dealkylation sites (tertiary alicyclic amines) is 1. The van der Waals surface area contributed by atoms with Gasteiger partial charge in [0.05, 0.1) is 5.69 Å². The summed E-state index contributed by atoms with van der Waals surface area (Å²) in [5.41, 5.74) is 1.63. The first kappa shape index (κ1) is 11.6. The van der Waals surface area contributed by atoms with Gasteiger partial charge in [0.2, 0.25) is 0 Å². The van der Waals surface area contributed by atoms with E-state index in [2.05, 4.69) is 41.9 Å². The molecule has 1 aliphatic heterocycles. The van der Waals surface area contributed by atoms with Gasteiger partial charge in [0.25, 0.3) is 0 Å². The van der Waals surface area contributed by atoms with Gasteiger partial charge in [-0.3, -0.25) is 10.00 Å². The Morgan fingerprint density at radius 3 is 2.56 bits per heavy atom. The molecule has 1 fully saturated rings. The van der Waals surface area contributed by atoms with Gasteiger partial charge in [-0.05, 0) is 43.3 Å². The highest BCUT2D eigenvalue weighted by molar-refractivity contribution is 4.97. The van der Waals surface area contributed by atoms with Crippen molar-refractivity contribution in [3.05, 3.63) is 18.0 Å². The summed E-state index contributed by atoms with van der Waals surface area (Å²) in [5.74, 6) is 0.878. The zero-order valence-electron chi connectivity index (χ0n) is 10.7. The fraction of sp³-hybridized carbons (Fsp3) is 0.769. The van der Waals surface area contributed by atoms with Gasteiger partial charge in [-0.1, -0.05) is 20.8 Å². The third-order valence-corrected chi connectivity index (χ3v) is 3.76. The molecule has 1 aliphatic rings. The summed E-state index contributed by atoms with van der Waals surface area (Å²) < 4.78 is 0. The molecule has 16 heavy (non-hydrogen) atoms. The first-order chi connectivity index (χ1) is 7.55. The van der Waals surface area contributed by atoms with Crippen LogP contribution in [0.3, 0.4) is 0 Å². The van der Waals surface area contributed by atoms with E-state index in [0.717, 1.165) is 18.2 Å². The Hall–Kier alpha value is -0.830. The van der Waals surface area contributed by atoms with E-state index >= 15 is 0 Å². The number of aromatic nitrogens is 2. The van der Waals surface area contributed by atoms with Crippen LogP contribution in [-0.4, -0.2) is 28.2 Å². The average molecular weight is 221 g/mol. The maximum Gasteiger partial charge on any atom is 0.0762 e. The molecule has 90 valence electrons. The van der Waals surface area contributed by atoms with Gasteiger partial charge in [-0.2, -0.15) is 5.10 Å². The first-order valence-electron chi connectivity index (χ1n) is 6.27. The molecule has 0 spiro atoms. The van der Waals surface area contributed by atoms with Gasteiger partial charge < -0.3 is 0 Å². The third-order valence-electron chi connectivity index (χ3n) is 3.76. The predicted octanol–water partition coefficient (Wildman–Crippen LogP) is 2.67. The van der Waals surface area contributed by atoms with Crippen LogP contribution in [-0.2, 0) is 6.54 Å². The molecular formula is C13H23N3. The van der Waals surface area contributed by atoms with Crippen molar-refractivity contribution in [1.29, 1.82) is 0 Å². The van der Waals surface area contributed by atoms with Crippen molar-refractivity contribution < 1.29 is 0 Å². The fourth-order valence-electron chi connectivity index (χ4n) is 2.57. The van der Waals surface area contributed by atoms with Crippen LogP contribution in [0.25, 0.3) is 0 Å². The molecule has 2 rings (SSSR count). The summed E-state index contributed by atoms with van der Waals surface area (Å²) in [4.78, 5) is 2.51. The van der Waals surface area contributed by atoms with Gasteiger partial charge in [0.15, 0.2) is 0 Å². The van der Waals surface area contributed by atoms with Crippen molar-refractivity contribution in [2.45, 2.75) is 40.2 Å². The SMILES string of the molecule is CC(C)(C)C1CCN(Cc2cc[nH]n2)CC1. The van der Waals surface area contributed by atoms with E-state index in [4.69, 9.17) is 0 Å². The second-order valence-corrected chi connectivity index (χ2v) is 5.98. The van der Waals surface area contributed by atoms with E-state index in [-0.39, 0.29) is 0 Å². The lowest BCUT2D eigenvalue weighted by Gasteiger charge is -2.38. The van der Waals surface area contributed by atoms with E-state index < -0.39 is 0 Å². The number of hydrogen-bond donors (Lipinski definition) is 1. The quantitative estimate of drug-likeness (QED) is 0.832. The molecular weight excluding hydrogens is 198 g/mol. The molecule has 1 saturated heterocycles. The lowest BCUT2D eigenvalue weighted by Crippen LogP contribution is -2.37. The van der Waals surface area contributed by atoms with Gasteiger partial charge in [-0.15, -0.1) is 0 Å². The summed E-state index contributed by atoms with van der Waals surface area (Å²) in [5, 5.41) is 7.09. The number of piperidine rings is 1. The van der Waals surface area contributed by atoms with Crippen LogP contribution in [0.2, 0.25) is 0 Å². The lowest BCUT2D eigenvalue weighted by atomic mass is 9.75. The fourth-order valence-corrected chi connectivity index (χ4v) is 2.57. The summed E-state index contributed by atoms with van der Waals surface area (Å²) in [7, 11) is 0. The Balaban J connectivity index is 1.82. The second-order valence-electron chi connectivity index (χ2n) is 5.98. The normalized spacial score (nSPS) is 20.2. The van der Waals surface area contributed by atoms with E-state index in [1.165, 1.54) is 25.9 Å². The monoisotopic (exact) mass is 221 g/mol. The molecule has 0 bridgehead atoms. The minimum atomic E-state index is 0.471. The molecule has 3 heteroatoms. The zero-order chi connectivity index (χ0) is 11.6. The molecule has 0 amide bonds. The summed E-state index contributed by atoms with van der Waals surface area (Å²) >= 11 is 0. The molecule has 1 N–H and O–H groups in total. The van der Waals surface area contributed by atoms with Crippen LogP contribution in [0, 0.1) is 11.3 Å². The Bertz CT molecular complexity index is 302. The third kappa shape index (κ3) is 2.85. The average Bonchev–Trinajstić information content (AvgIpc) is 2.70.